The number of halogens is 1. The van der Waals surface area contributed by atoms with Crippen LogP contribution in [0.2, 0.25) is 0 Å². The molecule has 0 spiro atoms. The van der Waals surface area contributed by atoms with Crippen molar-refractivity contribution in [3.05, 3.63) is 40.8 Å². The second kappa shape index (κ2) is 4.60. The van der Waals surface area contributed by atoms with Crippen LogP contribution in [-0.4, -0.2) is 23.0 Å². The average Bonchev–Trinajstić information content (AvgIpc) is 2.45. The van der Waals surface area contributed by atoms with Crippen molar-refractivity contribution in [1.29, 1.82) is 5.26 Å². The van der Waals surface area contributed by atoms with Crippen molar-refractivity contribution in [2.24, 2.45) is 0 Å². The van der Waals surface area contributed by atoms with E-state index in [0.29, 0.717) is 16.5 Å². The third kappa shape index (κ3) is 1.87. The van der Waals surface area contributed by atoms with E-state index in [0.717, 1.165) is 37.3 Å². The average molecular weight is 255 g/mol. The molecule has 2 heterocycles. The van der Waals surface area contributed by atoms with Gasteiger partial charge in [-0.25, -0.2) is 9.37 Å². The molecule has 1 aromatic heterocycles. The number of pyridine rings is 1. The van der Waals surface area contributed by atoms with E-state index in [9.17, 15) is 9.65 Å². The van der Waals surface area contributed by atoms with E-state index in [2.05, 4.69) is 22.9 Å². The number of likely N-dealkylation sites (N-methyl/N-ethyl adjacent to an activating group) is 1. The molecule has 0 amide bonds. The zero-order valence-electron chi connectivity index (χ0n) is 10.8. The summed E-state index contributed by atoms with van der Waals surface area (Å²) >= 11 is 0. The summed E-state index contributed by atoms with van der Waals surface area (Å²) in [7, 11) is 0. The number of nitrogens with zero attached hydrogens (tertiary/aromatic N) is 3. The highest BCUT2D eigenvalue weighted by Gasteiger charge is 2.22. The number of rotatable bonds is 1. The van der Waals surface area contributed by atoms with Crippen LogP contribution in [0.3, 0.4) is 0 Å². The molecule has 0 radical (unpaired) electrons. The summed E-state index contributed by atoms with van der Waals surface area (Å²) < 4.78 is 13.8. The summed E-state index contributed by atoms with van der Waals surface area (Å²) in [5.74, 6) is -0.352. The van der Waals surface area contributed by atoms with Crippen molar-refractivity contribution in [3.63, 3.8) is 0 Å². The fraction of sp³-hybridized carbons (Fsp3) is 0.333. The Morgan fingerprint density at radius 1 is 1.47 bits per heavy atom. The topological polar surface area (TPSA) is 39.9 Å². The van der Waals surface area contributed by atoms with Gasteiger partial charge in [-0.05, 0) is 12.6 Å². The van der Waals surface area contributed by atoms with Crippen LogP contribution in [0.25, 0.3) is 10.9 Å². The van der Waals surface area contributed by atoms with Crippen LogP contribution >= 0.6 is 0 Å². The number of benzene rings is 1. The maximum atomic E-state index is 13.8. The monoisotopic (exact) mass is 255 g/mol. The first-order chi connectivity index (χ1) is 9.24. The quantitative estimate of drug-likeness (QED) is 0.786. The van der Waals surface area contributed by atoms with E-state index in [1.54, 1.807) is 12.1 Å². The first-order valence-electron chi connectivity index (χ1n) is 6.47. The number of hydrogen-bond acceptors (Lipinski definition) is 3. The number of hydrogen-bond donors (Lipinski definition) is 0. The minimum atomic E-state index is -0.352. The second-order valence-corrected chi connectivity index (χ2v) is 4.78. The molecule has 96 valence electrons. The van der Waals surface area contributed by atoms with Gasteiger partial charge in [0.25, 0.3) is 0 Å². The predicted molar refractivity (Wildman–Crippen MR) is 71.1 cm³/mol. The van der Waals surface area contributed by atoms with Gasteiger partial charge >= 0.3 is 0 Å². The van der Waals surface area contributed by atoms with Gasteiger partial charge in [-0.2, -0.15) is 5.26 Å². The molecule has 3 nitrogen and oxygen atoms in total. The Bertz CT molecular complexity index is 688. The Balaban J connectivity index is 2.30. The first kappa shape index (κ1) is 12.1. The van der Waals surface area contributed by atoms with Gasteiger partial charge in [0.05, 0.1) is 5.56 Å². The standard InChI is InChI=1S/C15H14FN3/c1-2-19-7-6-14-12(9-19)11(8-17)10-4-3-5-13(16)15(10)18-14/h3-5H,2,6-7,9H2,1H3. The van der Waals surface area contributed by atoms with Crippen LogP contribution in [-0.2, 0) is 13.0 Å². The molecule has 0 bridgehead atoms. The van der Waals surface area contributed by atoms with Crippen molar-refractivity contribution in [3.8, 4) is 6.07 Å². The summed E-state index contributed by atoms with van der Waals surface area (Å²) in [5, 5.41) is 10.0. The van der Waals surface area contributed by atoms with E-state index in [1.165, 1.54) is 6.07 Å². The second-order valence-electron chi connectivity index (χ2n) is 4.78. The van der Waals surface area contributed by atoms with Gasteiger partial charge in [0, 0.05) is 36.2 Å². The predicted octanol–water partition coefficient (Wildman–Crippen LogP) is 2.62. The Morgan fingerprint density at radius 3 is 3.05 bits per heavy atom. The molecule has 0 saturated heterocycles. The van der Waals surface area contributed by atoms with Crippen molar-refractivity contribution >= 4 is 10.9 Å². The van der Waals surface area contributed by atoms with Crippen molar-refractivity contribution in [2.75, 3.05) is 13.1 Å². The molecular formula is C15H14FN3. The third-order valence-electron chi connectivity index (χ3n) is 3.76. The molecule has 0 unspecified atom stereocenters. The molecule has 1 aliphatic heterocycles. The molecule has 0 N–H and O–H groups in total. The number of fused-ring (bicyclic) bond motifs is 2. The lowest BCUT2D eigenvalue weighted by atomic mass is 9.96. The lowest BCUT2D eigenvalue weighted by Crippen LogP contribution is -2.31. The smallest absolute Gasteiger partial charge is 0.149 e. The molecule has 2 aromatic rings. The summed E-state index contributed by atoms with van der Waals surface area (Å²) in [6.07, 6.45) is 0.780. The largest absolute Gasteiger partial charge is 0.299 e. The summed E-state index contributed by atoms with van der Waals surface area (Å²) in [6.45, 7) is 4.70. The van der Waals surface area contributed by atoms with Gasteiger partial charge in [-0.15, -0.1) is 0 Å². The molecule has 1 aromatic carbocycles. The van der Waals surface area contributed by atoms with E-state index in [-0.39, 0.29) is 5.82 Å². The van der Waals surface area contributed by atoms with Gasteiger partial charge in [-0.1, -0.05) is 19.1 Å². The Labute approximate surface area is 111 Å². The van der Waals surface area contributed by atoms with Gasteiger partial charge in [-0.3, -0.25) is 4.90 Å². The van der Waals surface area contributed by atoms with Crippen LogP contribution < -0.4 is 0 Å². The minimum Gasteiger partial charge on any atom is -0.299 e. The highest BCUT2D eigenvalue weighted by atomic mass is 19.1. The molecule has 4 heteroatoms. The SMILES string of the molecule is CCN1CCc2nc3c(F)cccc3c(C#N)c2C1. The summed E-state index contributed by atoms with van der Waals surface area (Å²) in [6, 6.07) is 7.03. The van der Waals surface area contributed by atoms with Crippen LogP contribution in [0.15, 0.2) is 18.2 Å². The van der Waals surface area contributed by atoms with Gasteiger partial charge in [0.15, 0.2) is 0 Å². The van der Waals surface area contributed by atoms with E-state index < -0.39 is 0 Å². The van der Waals surface area contributed by atoms with Crippen molar-refractivity contribution in [2.45, 2.75) is 19.9 Å². The van der Waals surface area contributed by atoms with Crippen LogP contribution in [0.5, 0.6) is 0 Å². The number of para-hydroxylation sites is 1. The Kier molecular flexibility index (Phi) is 2.92. The summed E-state index contributed by atoms with van der Waals surface area (Å²) in [4.78, 5) is 6.71. The highest BCUT2D eigenvalue weighted by Crippen LogP contribution is 2.28. The zero-order chi connectivity index (χ0) is 13.4. The fourth-order valence-corrected chi connectivity index (χ4v) is 2.68. The van der Waals surface area contributed by atoms with Gasteiger partial charge in [0.2, 0.25) is 0 Å². The number of nitriles is 1. The van der Waals surface area contributed by atoms with Crippen LogP contribution in [0.4, 0.5) is 4.39 Å². The van der Waals surface area contributed by atoms with E-state index in [4.69, 9.17) is 0 Å². The third-order valence-corrected chi connectivity index (χ3v) is 3.76. The lowest BCUT2D eigenvalue weighted by Gasteiger charge is -2.28. The van der Waals surface area contributed by atoms with E-state index in [1.807, 2.05) is 0 Å². The van der Waals surface area contributed by atoms with Gasteiger partial charge < -0.3 is 0 Å². The highest BCUT2D eigenvalue weighted by molar-refractivity contribution is 5.86. The molecule has 3 rings (SSSR count). The van der Waals surface area contributed by atoms with Crippen LogP contribution in [0.1, 0.15) is 23.7 Å². The lowest BCUT2D eigenvalue weighted by molar-refractivity contribution is 0.266. The molecule has 19 heavy (non-hydrogen) atoms. The van der Waals surface area contributed by atoms with Crippen LogP contribution in [0, 0.1) is 17.1 Å². The first-order valence-corrected chi connectivity index (χ1v) is 6.47. The van der Waals surface area contributed by atoms with Crippen molar-refractivity contribution < 1.29 is 4.39 Å². The van der Waals surface area contributed by atoms with Crippen molar-refractivity contribution in [1.82, 2.24) is 9.88 Å². The molecule has 0 saturated carbocycles. The Hall–Kier alpha value is -1.99. The molecule has 0 aliphatic carbocycles. The fourth-order valence-electron chi connectivity index (χ4n) is 2.68. The molecule has 0 fully saturated rings. The minimum absolute atomic E-state index is 0.322. The van der Waals surface area contributed by atoms with E-state index >= 15 is 0 Å². The normalized spacial score (nSPS) is 15.2. The summed E-state index contributed by atoms with van der Waals surface area (Å²) in [5.41, 5.74) is 2.74. The molecule has 1 aliphatic rings. The maximum Gasteiger partial charge on any atom is 0.149 e. The molecule has 0 atom stereocenters. The van der Waals surface area contributed by atoms with Gasteiger partial charge in [0.1, 0.15) is 17.4 Å². The number of aromatic nitrogens is 1. The maximum absolute atomic E-state index is 13.8. The zero-order valence-corrected chi connectivity index (χ0v) is 10.8. The molecular weight excluding hydrogens is 241 g/mol. The Morgan fingerprint density at radius 2 is 2.32 bits per heavy atom.